The first-order valence-corrected chi connectivity index (χ1v) is 15.3. The Hall–Kier alpha value is -2.19. The number of carbonyl (C=O) groups is 1. The normalized spacial score (nSPS) is 39.9. The molecular formula is C33H50O11. The molecule has 0 amide bonds. The SMILES string of the molecule is C/C=C/C/C(C)=C\[C@@H]1OC(=O)C[C@H](O[C@@H]2O[C@H](CO)[C@@H](O)[C@H](OC)[C@H]2O)/C=C/C[C@H](OC)/C(C)=C/[C@@H](C)C[C@H]2C=C[C@H]1OO2. The van der Waals surface area contributed by atoms with Gasteiger partial charge in [-0.3, -0.25) is 4.79 Å². The number of ether oxygens (including phenoxy) is 5. The van der Waals surface area contributed by atoms with Crippen LogP contribution in [0, 0.1) is 5.92 Å². The van der Waals surface area contributed by atoms with Gasteiger partial charge in [-0.05, 0) is 63.7 Å². The summed E-state index contributed by atoms with van der Waals surface area (Å²) in [5.74, 6) is -0.410. The first-order valence-electron chi connectivity index (χ1n) is 15.3. The van der Waals surface area contributed by atoms with Gasteiger partial charge in [0, 0.05) is 14.2 Å². The summed E-state index contributed by atoms with van der Waals surface area (Å²) in [6, 6.07) is 0. The Morgan fingerprint density at radius 2 is 1.89 bits per heavy atom. The highest BCUT2D eigenvalue weighted by atomic mass is 17.2. The number of methoxy groups -OCH3 is 2. The minimum atomic E-state index is -1.39. The second-order valence-corrected chi connectivity index (χ2v) is 11.6. The predicted molar refractivity (Wildman–Crippen MR) is 162 cm³/mol. The summed E-state index contributed by atoms with van der Waals surface area (Å²) in [7, 11) is 2.97. The van der Waals surface area contributed by atoms with E-state index < -0.39 is 61.6 Å². The molecule has 248 valence electrons. The Kier molecular flexibility index (Phi) is 14.9. The van der Waals surface area contributed by atoms with Gasteiger partial charge in [-0.1, -0.05) is 49.0 Å². The molecule has 4 rings (SSSR count). The number of esters is 1. The van der Waals surface area contributed by atoms with Gasteiger partial charge in [0.2, 0.25) is 0 Å². The van der Waals surface area contributed by atoms with E-state index in [1.165, 1.54) is 7.11 Å². The smallest absolute Gasteiger partial charge is 0.309 e. The number of rotatable bonds is 8. The average molecular weight is 623 g/mol. The molecule has 11 nitrogen and oxygen atoms in total. The molecule has 11 atom stereocenters. The number of fused-ring (bicyclic) bond motifs is 11. The average Bonchev–Trinajstić information content (AvgIpc) is 2.99. The molecule has 1 fully saturated rings. The third-order valence-electron chi connectivity index (χ3n) is 7.94. The summed E-state index contributed by atoms with van der Waals surface area (Å²) in [6.07, 6.45) is 8.03. The molecule has 4 heterocycles. The topological polar surface area (TPSA) is 142 Å². The molecule has 1 saturated heterocycles. The summed E-state index contributed by atoms with van der Waals surface area (Å²) < 4.78 is 28.7. The summed E-state index contributed by atoms with van der Waals surface area (Å²) >= 11 is 0. The van der Waals surface area contributed by atoms with E-state index in [4.69, 9.17) is 33.5 Å². The Morgan fingerprint density at radius 1 is 1.11 bits per heavy atom. The van der Waals surface area contributed by atoms with Gasteiger partial charge in [-0.25, -0.2) is 9.78 Å². The van der Waals surface area contributed by atoms with Crippen LogP contribution >= 0.6 is 0 Å². The fourth-order valence-corrected chi connectivity index (χ4v) is 5.52. The van der Waals surface area contributed by atoms with Crippen molar-refractivity contribution in [2.75, 3.05) is 20.8 Å². The highest BCUT2D eigenvalue weighted by Crippen LogP contribution is 2.27. The number of hydrogen-bond acceptors (Lipinski definition) is 11. The van der Waals surface area contributed by atoms with E-state index in [0.717, 1.165) is 11.1 Å². The van der Waals surface area contributed by atoms with Crippen molar-refractivity contribution in [3.05, 3.63) is 59.8 Å². The molecule has 0 aromatic rings. The van der Waals surface area contributed by atoms with Crippen molar-refractivity contribution in [2.45, 2.75) is 115 Å². The zero-order chi connectivity index (χ0) is 32.2. The molecule has 11 heteroatoms. The van der Waals surface area contributed by atoms with E-state index in [0.29, 0.717) is 19.3 Å². The zero-order valence-corrected chi connectivity index (χ0v) is 26.6. The molecule has 2 bridgehead atoms. The minimum absolute atomic E-state index is 0.170. The van der Waals surface area contributed by atoms with E-state index in [-0.39, 0.29) is 24.5 Å². The van der Waals surface area contributed by atoms with Crippen LogP contribution in [0.25, 0.3) is 0 Å². The fourth-order valence-electron chi connectivity index (χ4n) is 5.52. The third-order valence-corrected chi connectivity index (χ3v) is 7.94. The molecule has 3 N–H and O–H groups in total. The van der Waals surface area contributed by atoms with Crippen LogP contribution in [0.5, 0.6) is 0 Å². The van der Waals surface area contributed by atoms with Crippen LogP contribution < -0.4 is 0 Å². The summed E-state index contributed by atoms with van der Waals surface area (Å²) in [4.78, 5) is 24.9. The monoisotopic (exact) mass is 622 g/mol. The molecule has 0 radical (unpaired) electrons. The molecule has 44 heavy (non-hydrogen) atoms. The lowest BCUT2D eigenvalue weighted by Gasteiger charge is -2.42. The van der Waals surface area contributed by atoms with Gasteiger partial charge in [0.15, 0.2) is 18.5 Å². The maximum Gasteiger partial charge on any atom is 0.309 e. The molecule has 0 unspecified atom stereocenters. The molecule has 0 aromatic carbocycles. The molecular weight excluding hydrogens is 572 g/mol. The highest BCUT2D eigenvalue weighted by Gasteiger charge is 2.46. The van der Waals surface area contributed by atoms with Gasteiger partial charge in [-0.15, -0.1) is 0 Å². The van der Waals surface area contributed by atoms with E-state index in [1.54, 1.807) is 13.2 Å². The van der Waals surface area contributed by atoms with Crippen molar-refractivity contribution in [1.29, 1.82) is 0 Å². The van der Waals surface area contributed by atoms with Crippen LogP contribution in [0.2, 0.25) is 0 Å². The first kappa shape index (κ1) is 36.3. The van der Waals surface area contributed by atoms with Gasteiger partial charge < -0.3 is 39.0 Å². The van der Waals surface area contributed by atoms with Gasteiger partial charge in [0.05, 0.1) is 25.2 Å². The van der Waals surface area contributed by atoms with Crippen molar-refractivity contribution in [3.8, 4) is 0 Å². The van der Waals surface area contributed by atoms with Crippen molar-refractivity contribution >= 4 is 5.97 Å². The maximum absolute atomic E-state index is 13.4. The number of hydrogen-bond donors (Lipinski definition) is 3. The van der Waals surface area contributed by atoms with Crippen LogP contribution in [0.4, 0.5) is 0 Å². The number of aliphatic hydroxyl groups is 3. The summed E-state index contributed by atoms with van der Waals surface area (Å²) in [6.45, 7) is 7.48. The number of carbonyl (C=O) groups excluding carboxylic acids is 1. The lowest BCUT2D eigenvalue weighted by molar-refractivity contribution is -0.350. The van der Waals surface area contributed by atoms with Crippen LogP contribution in [-0.4, -0.2) is 103 Å². The quantitative estimate of drug-likeness (QED) is 0.209. The standard InChI is InChI=1S/C33H50O11/c1-7-8-10-20(2)17-27-26-14-13-24(43-44-26)16-21(3)15-22(4)25(38-5)12-9-11-23(18-29(35)41-27)40-33-31(37)32(39-6)30(36)28(19-34)42-33/h7-9,11,13-15,17,21,23-28,30-34,36-37H,10,12,16,18-19H2,1-6H3/b8-7+,11-9+,20-17-,22-15+/t21-,23-,24-,25+,26-,27+,28-,30-,31-,32+,33-/m1/s1. The molecule has 4 aliphatic rings. The maximum atomic E-state index is 13.4. The van der Waals surface area contributed by atoms with Crippen LogP contribution in [-0.2, 0) is 38.3 Å². The van der Waals surface area contributed by atoms with Gasteiger partial charge in [0.25, 0.3) is 0 Å². The Bertz CT molecular complexity index is 1050. The molecule has 0 spiro atoms. The van der Waals surface area contributed by atoms with E-state index in [9.17, 15) is 20.1 Å². The largest absolute Gasteiger partial charge is 0.455 e. The van der Waals surface area contributed by atoms with Crippen molar-refractivity contribution in [3.63, 3.8) is 0 Å². The van der Waals surface area contributed by atoms with Crippen molar-refractivity contribution < 1.29 is 53.6 Å². The highest BCUT2D eigenvalue weighted by molar-refractivity contribution is 5.70. The zero-order valence-electron chi connectivity index (χ0n) is 26.6. The van der Waals surface area contributed by atoms with Crippen LogP contribution in [0.3, 0.4) is 0 Å². The summed E-state index contributed by atoms with van der Waals surface area (Å²) in [5, 5.41) is 31.0. The molecule has 4 aliphatic heterocycles. The fraction of sp³-hybridized carbons (Fsp3) is 0.667. The molecule has 0 aliphatic carbocycles. The van der Waals surface area contributed by atoms with Crippen molar-refractivity contribution in [2.24, 2.45) is 5.92 Å². The lowest BCUT2D eigenvalue weighted by Crippen LogP contribution is -2.60. The Labute approximate surface area is 260 Å². The van der Waals surface area contributed by atoms with Crippen LogP contribution in [0.1, 0.15) is 53.4 Å². The van der Waals surface area contributed by atoms with E-state index >= 15 is 0 Å². The molecule has 0 saturated carbocycles. The lowest BCUT2D eigenvalue weighted by atomic mass is 9.96. The number of allylic oxidation sites excluding steroid dienone is 4. The minimum Gasteiger partial charge on any atom is -0.455 e. The Morgan fingerprint density at radius 3 is 2.52 bits per heavy atom. The van der Waals surface area contributed by atoms with Crippen LogP contribution in [0.15, 0.2) is 59.8 Å². The van der Waals surface area contributed by atoms with E-state index in [2.05, 4.69) is 13.0 Å². The van der Waals surface area contributed by atoms with Gasteiger partial charge in [0.1, 0.15) is 30.5 Å². The summed E-state index contributed by atoms with van der Waals surface area (Å²) in [5.41, 5.74) is 2.02. The van der Waals surface area contributed by atoms with Gasteiger partial charge >= 0.3 is 5.97 Å². The van der Waals surface area contributed by atoms with E-state index in [1.807, 2.05) is 57.2 Å². The Balaban J connectivity index is 1.93. The molecule has 0 aromatic heterocycles. The second kappa shape index (κ2) is 18.1. The van der Waals surface area contributed by atoms with Gasteiger partial charge in [-0.2, -0.15) is 0 Å². The van der Waals surface area contributed by atoms with Crippen molar-refractivity contribution in [1.82, 2.24) is 0 Å². The third kappa shape index (κ3) is 10.4. The first-order chi connectivity index (χ1) is 21.1. The second-order valence-electron chi connectivity index (χ2n) is 11.6. The predicted octanol–water partition coefficient (Wildman–Crippen LogP) is 3.24. The number of aliphatic hydroxyl groups excluding tert-OH is 3.